The molecule has 0 aliphatic rings. The predicted molar refractivity (Wildman–Crippen MR) is 70.1 cm³/mol. The molecule has 0 heterocycles. The molecule has 0 fully saturated rings. The largest absolute Gasteiger partial charge is 0.484 e. The summed E-state index contributed by atoms with van der Waals surface area (Å²) < 4.78 is 5.90. The molecular weight excluding hydrogens is 196 g/mol. The number of rotatable bonds is 4. The van der Waals surface area contributed by atoms with Crippen LogP contribution in [-0.2, 0) is 0 Å². The molecule has 1 rings (SSSR count). The summed E-state index contributed by atoms with van der Waals surface area (Å²) in [4.78, 5) is 0. The molecule has 0 aliphatic heterocycles. The normalized spacial score (nSPS) is 11.6. The molecule has 0 atom stereocenters. The van der Waals surface area contributed by atoms with Crippen molar-refractivity contribution in [1.29, 1.82) is 0 Å². The van der Waals surface area contributed by atoms with E-state index in [1.54, 1.807) is 0 Å². The van der Waals surface area contributed by atoms with Crippen LogP contribution in [0.2, 0.25) is 0 Å². The molecule has 88 valence electrons. The van der Waals surface area contributed by atoms with Crippen LogP contribution in [0, 0.1) is 0 Å². The lowest BCUT2D eigenvalue weighted by atomic mass is 10.0. The number of ether oxygens (including phenoxy) is 1. The monoisotopic (exact) mass is 218 g/mol. The molecule has 0 saturated carbocycles. The van der Waals surface area contributed by atoms with Gasteiger partial charge in [-0.2, -0.15) is 0 Å². The second-order valence-electron chi connectivity index (χ2n) is 5.12. The van der Waals surface area contributed by atoms with E-state index >= 15 is 0 Å². The summed E-state index contributed by atoms with van der Waals surface area (Å²) in [5.41, 5.74) is 2.06. The Labute approximate surface area is 99.1 Å². The molecule has 0 aliphatic carbocycles. The van der Waals surface area contributed by atoms with Crippen LogP contribution in [0.15, 0.2) is 36.4 Å². The second-order valence-corrected chi connectivity index (χ2v) is 5.12. The van der Waals surface area contributed by atoms with Gasteiger partial charge in [-0.3, -0.25) is 0 Å². The van der Waals surface area contributed by atoms with Gasteiger partial charge in [0.2, 0.25) is 0 Å². The van der Waals surface area contributed by atoms with Crippen molar-refractivity contribution in [2.24, 2.45) is 0 Å². The zero-order chi connectivity index (χ0) is 12.3. The van der Waals surface area contributed by atoms with Crippen molar-refractivity contribution < 1.29 is 4.74 Å². The Kier molecular flexibility index (Phi) is 3.79. The van der Waals surface area contributed by atoms with Gasteiger partial charge in [0.1, 0.15) is 11.4 Å². The lowest BCUT2D eigenvalue weighted by Crippen LogP contribution is -2.28. The van der Waals surface area contributed by atoms with E-state index in [4.69, 9.17) is 4.74 Å². The molecule has 0 saturated heterocycles. The average molecular weight is 218 g/mol. The van der Waals surface area contributed by atoms with Crippen molar-refractivity contribution in [2.75, 3.05) is 0 Å². The van der Waals surface area contributed by atoms with E-state index in [-0.39, 0.29) is 5.60 Å². The first kappa shape index (κ1) is 12.8. The fraction of sp³-hybridized carbons (Fsp3) is 0.467. The first-order valence-electron chi connectivity index (χ1n) is 5.78. The third-order valence-electron chi connectivity index (χ3n) is 2.95. The molecule has 0 unspecified atom stereocenters. The Morgan fingerprint density at radius 3 is 2.06 bits per heavy atom. The summed E-state index contributed by atoms with van der Waals surface area (Å²) >= 11 is 0. The highest BCUT2D eigenvalue weighted by atomic mass is 16.5. The number of benzene rings is 1. The van der Waals surface area contributed by atoms with E-state index in [1.165, 1.54) is 5.56 Å². The van der Waals surface area contributed by atoms with Gasteiger partial charge >= 0.3 is 0 Å². The van der Waals surface area contributed by atoms with Gasteiger partial charge in [0.05, 0.1) is 0 Å². The molecule has 0 amide bonds. The van der Waals surface area contributed by atoms with Crippen molar-refractivity contribution in [3.63, 3.8) is 0 Å². The van der Waals surface area contributed by atoms with Crippen LogP contribution in [0.3, 0.4) is 0 Å². The highest BCUT2D eigenvalue weighted by Gasteiger charge is 2.20. The highest BCUT2D eigenvalue weighted by Crippen LogP contribution is 2.25. The van der Waals surface area contributed by atoms with Crippen LogP contribution in [0.1, 0.15) is 46.1 Å². The van der Waals surface area contributed by atoms with E-state index in [2.05, 4.69) is 32.6 Å². The highest BCUT2D eigenvalue weighted by molar-refractivity contribution is 5.30. The Hall–Kier alpha value is -1.24. The maximum Gasteiger partial charge on any atom is 0.124 e. The van der Waals surface area contributed by atoms with Crippen molar-refractivity contribution in [2.45, 2.75) is 46.1 Å². The minimum atomic E-state index is -0.306. The fourth-order valence-corrected chi connectivity index (χ4v) is 1.30. The van der Waals surface area contributed by atoms with Gasteiger partial charge in [-0.15, -0.1) is 0 Å². The van der Waals surface area contributed by atoms with Crippen LogP contribution >= 0.6 is 0 Å². The van der Waals surface area contributed by atoms with Gasteiger partial charge in [0, 0.05) is 0 Å². The molecule has 0 spiro atoms. The SMILES string of the molecule is C=C(C)C(C)(C)Oc1ccc(C(C)C)cc1. The van der Waals surface area contributed by atoms with E-state index in [0.717, 1.165) is 11.3 Å². The number of hydrogen-bond donors (Lipinski definition) is 0. The summed E-state index contributed by atoms with van der Waals surface area (Å²) in [6, 6.07) is 8.29. The smallest absolute Gasteiger partial charge is 0.124 e. The van der Waals surface area contributed by atoms with Crippen molar-refractivity contribution in [3.8, 4) is 5.75 Å². The summed E-state index contributed by atoms with van der Waals surface area (Å²) in [7, 11) is 0. The third kappa shape index (κ3) is 3.13. The van der Waals surface area contributed by atoms with E-state index < -0.39 is 0 Å². The Bertz CT molecular complexity index is 358. The van der Waals surface area contributed by atoms with Crippen LogP contribution in [0.4, 0.5) is 0 Å². The van der Waals surface area contributed by atoms with Crippen molar-refractivity contribution >= 4 is 0 Å². The Morgan fingerprint density at radius 2 is 1.69 bits per heavy atom. The first-order valence-corrected chi connectivity index (χ1v) is 5.78. The summed E-state index contributed by atoms with van der Waals surface area (Å²) in [6.07, 6.45) is 0. The standard InChI is InChI=1S/C15H22O/c1-11(2)13-7-9-14(10-8-13)16-15(5,6)12(3)4/h7-11H,3H2,1-2,4-6H3. The molecule has 0 radical (unpaired) electrons. The van der Waals surface area contributed by atoms with Gasteiger partial charge in [0.15, 0.2) is 0 Å². The van der Waals surface area contributed by atoms with Crippen molar-refractivity contribution in [3.05, 3.63) is 42.0 Å². The van der Waals surface area contributed by atoms with Crippen LogP contribution in [-0.4, -0.2) is 5.60 Å². The topological polar surface area (TPSA) is 9.23 Å². The van der Waals surface area contributed by atoms with Crippen LogP contribution in [0.5, 0.6) is 5.75 Å². The molecule has 1 aromatic carbocycles. The lowest BCUT2D eigenvalue weighted by molar-refractivity contribution is 0.149. The molecule has 0 bridgehead atoms. The Balaban J connectivity index is 2.80. The van der Waals surface area contributed by atoms with E-state index in [9.17, 15) is 0 Å². The van der Waals surface area contributed by atoms with Crippen LogP contribution < -0.4 is 4.74 Å². The minimum Gasteiger partial charge on any atom is -0.484 e. The van der Waals surface area contributed by atoms with Gasteiger partial charge in [-0.1, -0.05) is 32.6 Å². The van der Waals surface area contributed by atoms with Gasteiger partial charge in [-0.25, -0.2) is 0 Å². The quantitative estimate of drug-likeness (QED) is 0.674. The van der Waals surface area contributed by atoms with Gasteiger partial charge in [0.25, 0.3) is 0 Å². The summed E-state index contributed by atoms with van der Waals surface area (Å²) in [6.45, 7) is 14.4. The molecule has 0 N–H and O–H groups in total. The first-order chi connectivity index (χ1) is 7.33. The summed E-state index contributed by atoms with van der Waals surface area (Å²) in [5, 5.41) is 0. The van der Waals surface area contributed by atoms with Crippen LogP contribution in [0.25, 0.3) is 0 Å². The molecule has 1 nitrogen and oxygen atoms in total. The van der Waals surface area contributed by atoms with E-state index in [1.807, 2.05) is 32.9 Å². The molecule has 1 heteroatoms. The average Bonchev–Trinajstić information content (AvgIpc) is 2.17. The maximum atomic E-state index is 5.90. The lowest BCUT2D eigenvalue weighted by Gasteiger charge is -2.27. The van der Waals surface area contributed by atoms with Crippen molar-refractivity contribution in [1.82, 2.24) is 0 Å². The zero-order valence-corrected chi connectivity index (χ0v) is 11.0. The molecule has 16 heavy (non-hydrogen) atoms. The predicted octanol–water partition coefficient (Wildman–Crippen LogP) is 4.54. The van der Waals surface area contributed by atoms with Gasteiger partial charge in [-0.05, 0) is 50.0 Å². The maximum absolute atomic E-state index is 5.90. The van der Waals surface area contributed by atoms with Gasteiger partial charge < -0.3 is 4.74 Å². The zero-order valence-electron chi connectivity index (χ0n) is 11.0. The van der Waals surface area contributed by atoms with E-state index in [0.29, 0.717) is 5.92 Å². The molecule has 1 aromatic rings. The Morgan fingerprint density at radius 1 is 1.19 bits per heavy atom. The molecule has 0 aromatic heterocycles. The second kappa shape index (κ2) is 4.73. The molecular formula is C15H22O. The fourth-order valence-electron chi connectivity index (χ4n) is 1.30. The minimum absolute atomic E-state index is 0.306. The third-order valence-corrected chi connectivity index (χ3v) is 2.95. The summed E-state index contributed by atoms with van der Waals surface area (Å²) in [5.74, 6) is 1.46. The number of hydrogen-bond acceptors (Lipinski definition) is 1.